The fourth-order valence-corrected chi connectivity index (χ4v) is 2.56. The Morgan fingerprint density at radius 1 is 1.11 bits per heavy atom. The third-order valence-corrected chi connectivity index (χ3v) is 3.80. The SMILES string of the molecule is NNC(=Nc1ccccc1)N1CCN(C2CC2)CC1. The Bertz CT molecular complexity index is 432. The fraction of sp³-hybridized carbons (Fsp3) is 0.500. The first-order chi connectivity index (χ1) is 9.36. The lowest BCUT2D eigenvalue weighted by molar-refractivity contribution is 0.172. The summed E-state index contributed by atoms with van der Waals surface area (Å²) in [7, 11) is 0. The van der Waals surface area contributed by atoms with E-state index in [0.29, 0.717) is 0 Å². The second-order valence-electron chi connectivity index (χ2n) is 5.17. The average molecular weight is 259 g/mol. The summed E-state index contributed by atoms with van der Waals surface area (Å²) in [6.07, 6.45) is 2.75. The third kappa shape index (κ3) is 3.05. The van der Waals surface area contributed by atoms with E-state index in [1.54, 1.807) is 0 Å². The zero-order valence-electron chi connectivity index (χ0n) is 11.1. The summed E-state index contributed by atoms with van der Waals surface area (Å²) in [6, 6.07) is 10.8. The number of aliphatic imine (C=N–C) groups is 1. The predicted molar refractivity (Wildman–Crippen MR) is 77.0 cm³/mol. The van der Waals surface area contributed by atoms with Gasteiger partial charge in [-0.15, -0.1) is 0 Å². The zero-order valence-corrected chi connectivity index (χ0v) is 11.1. The molecule has 3 rings (SSSR count). The molecule has 1 aliphatic heterocycles. The highest BCUT2D eigenvalue weighted by Gasteiger charge is 2.31. The summed E-state index contributed by atoms with van der Waals surface area (Å²) >= 11 is 0. The number of hydrogen-bond acceptors (Lipinski definition) is 3. The highest BCUT2D eigenvalue weighted by Crippen LogP contribution is 2.27. The van der Waals surface area contributed by atoms with Crippen LogP contribution >= 0.6 is 0 Å². The van der Waals surface area contributed by atoms with Crippen LogP contribution in [0.4, 0.5) is 5.69 Å². The van der Waals surface area contributed by atoms with Crippen molar-refractivity contribution >= 4 is 11.6 Å². The molecule has 19 heavy (non-hydrogen) atoms. The molecule has 1 heterocycles. The molecule has 0 unspecified atom stereocenters. The molecule has 0 bridgehead atoms. The van der Waals surface area contributed by atoms with Crippen molar-refractivity contribution in [1.29, 1.82) is 0 Å². The summed E-state index contributed by atoms with van der Waals surface area (Å²) in [5, 5.41) is 0. The van der Waals surface area contributed by atoms with E-state index in [0.717, 1.165) is 43.9 Å². The molecule has 1 saturated heterocycles. The molecule has 1 aromatic rings. The van der Waals surface area contributed by atoms with Crippen molar-refractivity contribution in [3.63, 3.8) is 0 Å². The number of hydrazine groups is 1. The van der Waals surface area contributed by atoms with E-state index in [-0.39, 0.29) is 0 Å². The topological polar surface area (TPSA) is 56.9 Å². The third-order valence-electron chi connectivity index (χ3n) is 3.80. The van der Waals surface area contributed by atoms with Gasteiger partial charge in [-0.3, -0.25) is 10.3 Å². The van der Waals surface area contributed by atoms with E-state index < -0.39 is 0 Å². The Labute approximate surface area is 114 Å². The largest absolute Gasteiger partial charge is 0.339 e. The smallest absolute Gasteiger partial charge is 0.213 e. The normalized spacial score (nSPS) is 21.5. The summed E-state index contributed by atoms with van der Waals surface area (Å²) in [6.45, 7) is 4.21. The average Bonchev–Trinajstić information content (AvgIpc) is 3.31. The molecule has 2 aliphatic rings. The van der Waals surface area contributed by atoms with Crippen LogP contribution in [0.1, 0.15) is 12.8 Å². The number of guanidine groups is 1. The molecule has 0 radical (unpaired) electrons. The quantitative estimate of drug-likeness (QED) is 0.359. The van der Waals surface area contributed by atoms with Crippen LogP contribution in [0.5, 0.6) is 0 Å². The number of nitrogens with two attached hydrogens (primary N) is 1. The first-order valence-electron chi connectivity index (χ1n) is 6.96. The minimum atomic E-state index is 0.765. The summed E-state index contributed by atoms with van der Waals surface area (Å²) < 4.78 is 0. The summed E-state index contributed by atoms with van der Waals surface area (Å²) in [5.74, 6) is 6.39. The van der Waals surface area contributed by atoms with Gasteiger partial charge in [-0.1, -0.05) is 18.2 Å². The predicted octanol–water partition coefficient (Wildman–Crippen LogP) is 0.917. The molecule has 5 nitrogen and oxygen atoms in total. The van der Waals surface area contributed by atoms with Crippen molar-refractivity contribution in [2.24, 2.45) is 10.8 Å². The van der Waals surface area contributed by atoms with Crippen LogP contribution in [-0.2, 0) is 0 Å². The molecule has 0 aromatic heterocycles. The molecule has 1 saturated carbocycles. The maximum atomic E-state index is 5.62. The van der Waals surface area contributed by atoms with Gasteiger partial charge < -0.3 is 4.90 Å². The maximum absolute atomic E-state index is 5.62. The zero-order chi connectivity index (χ0) is 13.1. The van der Waals surface area contributed by atoms with Gasteiger partial charge in [0.2, 0.25) is 5.96 Å². The van der Waals surface area contributed by atoms with E-state index in [1.807, 2.05) is 30.3 Å². The highest BCUT2D eigenvalue weighted by molar-refractivity contribution is 5.82. The molecular weight excluding hydrogens is 238 g/mol. The van der Waals surface area contributed by atoms with Crippen LogP contribution in [0.2, 0.25) is 0 Å². The number of para-hydroxylation sites is 1. The van der Waals surface area contributed by atoms with Crippen molar-refractivity contribution in [1.82, 2.24) is 15.2 Å². The van der Waals surface area contributed by atoms with Crippen LogP contribution < -0.4 is 11.3 Å². The number of piperazine rings is 1. The number of nitrogens with zero attached hydrogens (tertiary/aromatic N) is 3. The molecule has 0 atom stereocenters. The first-order valence-corrected chi connectivity index (χ1v) is 6.96. The Kier molecular flexibility index (Phi) is 3.66. The number of hydrogen-bond donors (Lipinski definition) is 2. The molecule has 3 N–H and O–H groups in total. The second kappa shape index (κ2) is 5.59. The minimum absolute atomic E-state index is 0.765. The molecule has 2 fully saturated rings. The van der Waals surface area contributed by atoms with E-state index in [4.69, 9.17) is 5.84 Å². The Hall–Kier alpha value is -1.59. The van der Waals surface area contributed by atoms with Crippen molar-refractivity contribution in [2.75, 3.05) is 26.2 Å². The van der Waals surface area contributed by atoms with Gasteiger partial charge in [0.1, 0.15) is 0 Å². The molecule has 1 aromatic carbocycles. The second-order valence-corrected chi connectivity index (χ2v) is 5.17. The van der Waals surface area contributed by atoms with Crippen molar-refractivity contribution in [3.05, 3.63) is 30.3 Å². The van der Waals surface area contributed by atoms with Gasteiger partial charge in [0.15, 0.2) is 0 Å². The van der Waals surface area contributed by atoms with Crippen molar-refractivity contribution in [3.8, 4) is 0 Å². The van der Waals surface area contributed by atoms with Gasteiger partial charge in [0.25, 0.3) is 0 Å². The molecular formula is C14H21N5. The van der Waals surface area contributed by atoms with Gasteiger partial charge >= 0.3 is 0 Å². The van der Waals surface area contributed by atoms with Gasteiger partial charge in [-0.25, -0.2) is 10.8 Å². The van der Waals surface area contributed by atoms with Gasteiger partial charge in [0, 0.05) is 32.2 Å². The van der Waals surface area contributed by atoms with Crippen LogP contribution in [-0.4, -0.2) is 48.0 Å². The van der Waals surface area contributed by atoms with Crippen LogP contribution in [0.25, 0.3) is 0 Å². The molecule has 1 aliphatic carbocycles. The fourth-order valence-electron chi connectivity index (χ4n) is 2.56. The Morgan fingerprint density at radius 3 is 2.37 bits per heavy atom. The van der Waals surface area contributed by atoms with Gasteiger partial charge in [-0.05, 0) is 25.0 Å². The molecule has 102 valence electrons. The van der Waals surface area contributed by atoms with E-state index >= 15 is 0 Å². The van der Waals surface area contributed by atoms with E-state index in [1.165, 1.54) is 12.8 Å². The van der Waals surface area contributed by atoms with Gasteiger partial charge in [-0.2, -0.15) is 0 Å². The Balaban J connectivity index is 1.64. The standard InChI is InChI=1S/C14H21N5/c15-17-14(16-12-4-2-1-3-5-12)19-10-8-18(9-11-19)13-6-7-13/h1-5,13H,6-11,15H2,(H,16,17). The maximum Gasteiger partial charge on any atom is 0.213 e. The monoisotopic (exact) mass is 259 g/mol. The van der Waals surface area contributed by atoms with E-state index in [9.17, 15) is 0 Å². The lowest BCUT2D eigenvalue weighted by atomic mass is 10.3. The molecule has 5 heteroatoms. The van der Waals surface area contributed by atoms with Crippen LogP contribution in [0, 0.1) is 0 Å². The number of benzene rings is 1. The summed E-state index contributed by atoms with van der Waals surface area (Å²) in [4.78, 5) is 9.38. The Morgan fingerprint density at radius 2 is 1.79 bits per heavy atom. The minimum Gasteiger partial charge on any atom is -0.339 e. The molecule has 0 amide bonds. The highest BCUT2D eigenvalue weighted by atomic mass is 15.4. The van der Waals surface area contributed by atoms with Crippen LogP contribution in [0.3, 0.4) is 0 Å². The van der Waals surface area contributed by atoms with Crippen LogP contribution in [0.15, 0.2) is 35.3 Å². The number of rotatable bonds is 2. The van der Waals surface area contributed by atoms with Gasteiger partial charge in [0.05, 0.1) is 5.69 Å². The molecule has 0 spiro atoms. The lowest BCUT2D eigenvalue weighted by Crippen LogP contribution is -2.54. The van der Waals surface area contributed by atoms with E-state index in [2.05, 4.69) is 20.2 Å². The summed E-state index contributed by atoms with van der Waals surface area (Å²) in [5.41, 5.74) is 3.67. The lowest BCUT2D eigenvalue weighted by Gasteiger charge is -2.36. The first kappa shape index (κ1) is 12.4. The number of nitrogens with one attached hydrogen (secondary N) is 1. The van der Waals surface area contributed by atoms with Crippen molar-refractivity contribution < 1.29 is 0 Å². The van der Waals surface area contributed by atoms with Crippen molar-refractivity contribution in [2.45, 2.75) is 18.9 Å².